The van der Waals surface area contributed by atoms with Crippen molar-refractivity contribution >= 4 is 23.3 Å². The Hall–Kier alpha value is -2.45. The van der Waals surface area contributed by atoms with E-state index in [4.69, 9.17) is 16.9 Å². The molecular formula is C13H7ClFN3O. The summed E-state index contributed by atoms with van der Waals surface area (Å²) in [6, 6.07) is 8.61. The fourth-order valence-corrected chi connectivity index (χ4v) is 1.54. The van der Waals surface area contributed by atoms with Gasteiger partial charge in [-0.15, -0.1) is 0 Å². The lowest BCUT2D eigenvalue weighted by Gasteiger charge is -2.05. The Labute approximate surface area is 113 Å². The minimum Gasteiger partial charge on any atom is -0.307 e. The van der Waals surface area contributed by atoms with Gasteiger partial charge in [-0.2, -0.15) is 5.26 Å². The van der Waals surface area contributed by atoms with Crippen LogP contribution in [0.25, 0.3) is 0 Å². The molecule has 0 atom stereocenters. The number of carbonyl (C=O) groups is 1. The second-order valence-corrected chi connectivity index (χ2v) is 4.03. The predicted molar refractivity (Wildman–Crippen MR) is 68.3 cm³/mol. The summed E-state index contributed by atoms with van der Waals surface area (Å²) in [4.78, 5) is 15.7. The number of halogens is 2. The molecule has 0 aliphatic rings. The molecule has 2 rings (SSSR count). The number of anilines is 1. The van der Waals surface area contributed by atoms with Crippen molar-refractivity contribution in [2.45, 2.75) is 0 Å². The standard InChI is InChI=1S/C13H7ClFN3O/c14-10-5-9(2-3-11(10)15)13(19)18-12-4-1-8(6-16)7-17-12/h1-5,7H,(H,17,18,19). The smallest absolute Gasteiger partial charge is 0.256 e. The normalized spacial score (nSPS) is 9.74. The molecule has 0 bridgehead atoms. The summed E-state index contributed by atoms with van der Waals surface area (Å²) in [5.41, 5.74) is 0.611. The van der Waals surface area contributed by atoms with Crippen LogP contribution < -0.4 is 5.32 Å². The maximum atomic E-state index is 13.0. The first-order valence-electron chi connectivity index (χ1n) is 5.22. The van der Waals surface area contributed by atoms with E-state index in [1.165, 1.54) is 30.5 Å². The summed E-state index contributed by atoms with van der Waals surface area (Å²) < 4.78 is 13.0. The number of rotatable bonds is 2. The molecule has 1 aromatic heterocycles. The van der Waals surface area contributed by atoms with Crippen LogP contribution in [0.5, 0.6) is 0 Å². The molecule has 0 saturated heterocycles. The van der Waals surface area contributed by atoms with Gasteiger partial charge in [0, 0.05) is 11.8 Å². The third-order valence-electron chi connectivity index (χ3n) is 2.32. The predicted octanol–water partition coefficient (Wildman–Crippen LogP) is 3.00. The van der Waals surface area contributed by atoms with Crippen molar-refractivity contribution in [1.82, 2.24) is 4.98 Å². The highest BCUT2D eigenvalue weighted by Crippen LogP contribution is 2.17. The van der Waals surface area contributed by atoms with Gasteiger partial charge in [0.25, 0.3) is 5.91 Å². The SMILES string of the molecule is N#Cc1ccc(NC(=O)c2ccc(F)c(Cl)c2)nc1. The van der Waals surface area contributed by atoms with Crippen molar-refractivity contribution < 1.29 is 9.18 Å². The molecule has 0 fully saturated rings. The molecule has 0 radical (unpaired) electrons. The highest BCUT2D eigenvalue weighted by atomic mass is 35.5. The summed E-state index contributed by atoms with van der Waals surface area (Å²) in [5.74, 6) is -0.752. The molecule has 0 spiro atoms. The third kappa shape index (κ3) is 3.06. The van der Waals surface area contributed by atoms with E-state index >= 15 is 0 Å². The molecule has 94 valence electrons. The summed E-state index contributed by atoms with van der Waals surface area (Å²) in [6.45, 7) is 0. The topological polar surface area (TPSA) is 65.8 Å². The zero-order valence-electron chi connectivity index (χ0n) is 9.52. The molecule has 0 aliphatic carbocycles. The molecule has 19 heavy (non-hydrogen) atoms. The van der Waals surface area contributed by atoms with Crippen LogP contribution in [0.1, 0.15) is 15.9 Å². The number of benzene rings is 1. The van der Waals surface area contributed by atoms with E-state index in [-0.39, 0.29) is 10.6 Å². The monoisotopic (exact) mass is 275 g/mol. The molecule has 4 nitrogen and oxygen atoms in total. The van der Waals surface area contributed by atoms with Crippen LogP contribution in [-0.2, 0) is 0 Å². The minimum absolute atomic E-state index is 0.125. The van der Waals surface area contributed by atoms with Crippen LogP contribution in [-0.4, -0.2) is 10.9 Å². The van der Waals surface area contributed by atoms with Crippen molar-refractivity contribution in [3.8, 4) is 6.07 Å². The maximum absolute atomic E-state index is 13.0. The van der Waals surface area contributed by atoms with Gasteiger partial charge < -0.3 is 5.32 Å². The van der Waals surface area contributed by atoms with E-state index in [0.717, 1.165) is 6.07 Å². The summed E-state index contributed by atoms with van der Waals surface area (Å²) >= 11 is 5.59. The lowest BCUT2D eigenvalue weighted by Crippen LogP contribution is -2.13. The highest BCUT2D eigenvalue weighted by Gasteiger charge is 2.09. The van der Waals surface area contributed by atoms with Crippen LogP contribution in [0.2, 0.25) is 5.02 Å². The lowest BCUT2D eigenvalue weighted by atomic mass is 10.2. The molecule has 0 saturated carbocycles. The summed E-state index contributed by atoms with van der Waals surface area (Å²) in [7, 11) is 0. The molecule has 1 N–H and O–H groups in total. The number of nitrogens with one attached hydrogen (secondary N) is 1. The first-order valence-corrected chi connectivity index (χ1v) is 5.60. The molecule has 1 heterocycles. The van der Waals surface area contributed by atoms with E-state index in [1.54, 1.807) is 0 Å². The van der Waals surface area contributed by atoms with Gasteiger partial charge in [0.2, 0.25) is 0 Å². The van der Waals surface area contributed by atoms with E-state index in [9.17, 15) is 9.18 Å². The molecule has 2 aromatic rings. The maximum Gasteiger partial charge on any atom is 0.256 e. The quantitative estimate of drug-likeness (QED) is 0.916. The number of pyridine rings is 1. The van der Waals surface area contributed by atoms with Crippen molar-refractivity contribution in [3.05, 3.63) is 58.5 Å². The Bertz CT molecular complexity index is 665. The first-order chi connectivity index (χ1) is 9.10. The number of carbonyl (C=O) groups excluding carboxylic acids is 1. The van der Waals surface area contributed by atoms with Gasteiger partial charge in [0.15, 0.2) is 0 Å². The molecule has 6 heteroatoms. The van der Waals surface area contributed by atoms with Crippen LogP contribution in [0, 0.1) is 17.1 Å². The highest BCUT2D eigenvalue weighted by molar-refractivity contribution is 6.31. The van der Waals surface area contributed by atoms with Crippen LogP contribution >= 0.6 is 11.6 Å². The average molecular weight is 276 g/mol. The molecular weight excluding hydrogens is 269 g/mol. The zero-order chi connectivity index (χ0) is 13.8. The number of hydrogen-bond donors (Lipinski definition) is 1. The fraction of sp³-hybridized carbons (Fsp3) is 0. The van der Waals surface area contributed by atoms with Crippen LogP contribution in [0.4, 0.5) is 10.2 Å². The Balaban J connectivity index is 2.16. The van der Waals surface area contributed by atoms with Gasteiger partial charge in [0.1, 0.15) is 17.7 Å². The first kappa shape index (κ1) is 13.0. The van der Waals surface area contributed by atoms with Crippen molar-refractivity contribution in [3.63, 3.8) is 0 Å². The van der Waals surface area contributed by atoms with Gasteiger partial charge in [-0.25, -0.2) is 9.37 Å². The van der Waals surface area contributed by atoms with Gasteiger partial charge in [-0.1, -0.05) is 11.6 Å². The van der Waals surface area contributed by atoms with Crippen LogP contribution in [0.3, 0.4) is 0 Å². The van der Waals surface area contributed by atoms with Crippen molar-refractivity contribution in [1.29, 1.82) is 5.26 Å². The minimum atomic E-state index is -0.588. The van der Waals surface area contributed by atoms with Crippen molar-refractivity contribution in [2.75, 3.05) is 5.32 Å². The van der Waals surface area contributed by atoms with E-state index in [1.807, 2.05) is 6.07 Å². The van der Waals surface area contributed by atoms with Crippen LogP contribution in [0.15, 0.2) is 36.5 Å². The Morgan fingerprint density at radius 2 is 2.16 bits per heavy atom. The molecule has 0 aliphatic heterocycles. The van der Waals surface area contributed by atoms with Crippen molar-refractivity contribution in [2.24, 2.45) is 0 Å². The van der Waals surface area contributed by atoms with E-state index < -0.39 is 11.7 Å². The van der Waals surface area contributed by atoms with Gasteiger partial charge in [-0.3, -0.25) is 4.79 Å². The number of nitriles is 1. The molecule has 1 amide bonds. The number of hydrogen-bond acceptors (Lipinski definition) is 3. The molecule has 1 aromatic carbocycles. The van der Waals surface area contributed by atoms with E-state index in [2.05, 4.69) is 10.3 Å². The van der Waals surface area contributed by atoms with Gasteiger partial charge in [-0.05, 0) is 30.3 Å². The second-order valence-electron chi connectivity index (χ2n) is 3.63. The number of aromatic nitrogens is 1. The van der Waals surface area contributed by atoms with Gasteiger partial charge in [0.05, 0.1) is 10.6 Å². The van der Waals surface area contributed by atoms with E-state index in [0.29, 0.717) is 11.4 Å². The Morgan fingerprint density at radius 1 is 1.37 bits per heavy atom. The summed E-state index contributed by atoms with van der Waals surface area (Å²) in [5, 5.41) is 11.0. The Morgan fingerprint density at radius 3 is 2.74 bits per heavy atom. The average Bonchev–Trinajstić information content (AvgIpc) is 2.42. The zero-order valence-corrected chi connectivity index (χ0v) is 10.3. The van der Waals surface area contributed by atoms with Gasteiger partial charge >= 0.3 is 0 Å². The number of nitrogens with zero attached hydrogens (tertiary/aromatic N) is 2. The lowest BCUT2D eigenvalue weighted by molar-refractivity contribution is 0.102. The fourth-order valence-electron chi connectivity index (χ4n) is 1.36. The number of amides is 1. The Kier molecular flexibility index (Phi) is 3.74. The largest absolute Gasteiger partial charge is 0.307 e. The second kappa shape index (κ2) is 5.46. The summed E-state index contributed by atoms with van der Waals surface area (Å²) in [6.07, 6.45) is 1.34. The third-order valence-corrected chi connectivity index (χ3v) is 2.61. The molecule has 0 unspecified atom stereocenters.